The predicted octanol–water partition coefficient (Wildman–Crippen LogP) is -0.338. The highest BCUT2D eigenvalue weighted by Gasteiger charge is 2.30. The van der Waals surface area contributed by atoms with Crippen molar-refractivity contribution in [3.8, 4) is 0 Å². The van der Waals surface area contributed by atoms with Gasteiger partial charge >= 0.3 is 0 Å². The molecular formula is C10H14N3O2S. The van der Waals surface area contributed by atoms with E-state index in [4.69, 9.17) is 0 Å². The molecule has 0 saturated carbocycles. The van der Waals surface area contributed by atoms with Crippen molar-refractivity contribution in [3.63, 3.8) is 0 Å². The van der Waals surface area contributed by atoms with Gasteiger partial charge in [-0.25, -0.2) is 8.42 Å². The summed E-state index contributed by atoms with van der Waals surface area (Å²) in [5.74, 6) is 0. The standard InChI is InChI=1S/C10H14N3O2S/c1-16(14,15)10-8-12-5-6-13(10)9-3-2-4-11-7-9/h2-4,10,12H,5-6,8H2,1H3. The van der Waals surface area contributed by atoms with Crippen molar-refractivity contribution in [3.05, 3.63) is 24.5 Å². The molecule has 1 saturated heterocycles. The highest BCUT2D eigenvalue weighted by molar-refractivity contribution is 7.91. The molecule has 1 aromatic heterocycles. The summed E-state index contributed by atoms with van der Waals surface area (Å²) in [6.45, 7) is 1.87. The van der Waals surface area contributed by atoms with Gasteiger partial charge in [0.2, 0.25) is 0 Å². The molecule has 1 atom stereocenters. The first kappa shape index (κ1) is 11.3. The van der Waals surface area contributed by atoms with Crippen LogP contribution in [0.1, 0.15) is 0 Å². The minimum atomic E-state index is -3.11. The summed E-state index contributed by atoms with van der Waals surface area (Å²) in [6.07, 6.45) is 5.71. The number of nitrogens with one attached hydrogen (secondary N) is 1. The third-order valence-corrected chi connectivity index (χ3v) is 4.00. The van der Waals surface area contributed by atoms with Crippen LogP contribution in [0.25, 0.3) is 0 Å². The first-order chi connectivity index (χ1) is 7.59. The summed E-state index contributed by atoms with van der Waals surface area (Å²) in [5.41, 5.74) is 0.736. The van der Waals surface area contributed by atoms with Gasteiger partial charge in [-0.1, -0.05) is 0 Å². The van der Waals surface area contributed by atoms with E-state index in [-0.39, 0.29) is 0 Å². The Balaban J connectivity index is 2.31. The van der Waals surface area contributed by atoms with Crippen LogP contribution in [0.3, 0.4) is 0 Å². The number of pyridine rings is 1. The molecule has 1 aromatic rings. The van der Waals surface area contributed by atoms with Crippen LogP contribution in [0.5, 0.6) is 0 Å². The van der Waals surface area contributed by atoms with E-state index in [1.165, 1.54) is 6.26 Å². The van der Waals surface area contributed by atoms with Gasteiger partial charge in [-0.05, 0) is 12.1 Å². The first-order valence-electron chi connectivity index (χ1n) is 5.08. The molecule has 1 radical (unpaired) electrons. The van der Waals surface area contributed by atoms with Crippen molar-refractivity contribution in [2.24, 2.45) is 0 Å². The van der Waals surface area contributed by atoms with Crippen LogP contribution in [0.2, 0.25) is 0 Å². The lowest BCUT2D eigenvalue weighted by Crippen LogP contribution is -2.54. The summed E-state index contributed by atoms with van der Waals surface area (Å²) in [4.78, 5) is 5.73. The van der Waals surface area contributed by atoms with Crippen molar-refractivity contribution >= 4 is 15.5 Å². The van der Waals surface area contributed by atoms with Gasteiger partial charge in [-0.3, -0.25) is 4.98 Å². The van der Waals surface area contributed by atoms with E-state index in [0.717, 1.165) is 12.2 Å². The largest absolute Gasteiger partial charge is 0.351 e. The molecule has 0 aromatic carbocycles. The normalized spacial score (nSPS) is 22.1. The smallest absolute Gasteiger partial charge is 0.169 e. The lowest BCUT2D eigenvalue weighted by atomic mass is 10.3. The zero-order valence-electron chi connectivity index (χ0n) is 9.05. The molecule has 1 aliphatic rings. The maximum Gasteiger partial charge on any atom is 0.169 e. The Morgan fingerprint density at radius 2 is 2.44 bits per heavy atom. The number of rotatable bonds is 2. The molecule has 2 heterocycles. The maximum absolute atomic E-state index is 11.7. The molecule has 0 aliphatic carbocycles. The van der Waals surface area contributed by atoms with E-state index in [1.807, 2.05) is 11.0 Å². The van der Waals surface area contributed by atoms with E-state index in [9.17, 15) is 8.42 Å². The number of hydrogen-bond donors (Lipinski definition) is 1. The first-order valence-corrected chi connectivity index (χ1v) is 7.03. The molecule has 0 bridgehead atoms. The second-order valence-corrected chi connectivity index (χ2v) is 6.02. The number of piperazine rings is 1. The molecule has 1 unspecified atom stereocenters. The average molecular weight is 240 g/mol. The van der Waals surface area contributed by atoms with Crippen molar-refractivity contribution in [2.45, 2.75) is 5.37 Å². The minimum absolute atomic E-state index is 0.446. The zero-order valence-corrected chi connectivity index (χ0v) is 9.87. The number of hydrogen-bond acceptors (Lipinski definition) is 5. The van der Waals surface area contributed by atoms with E-state index in [0.29, 0.717) is 13.1 Å². The van der Waals surface area contributed by atoms with E-state index in [1.54, 1.807) is 12.3 Å². The number of anilines is 1. The van der Waals surface area contributed by atoms with Crippen LogP contribution in [0.4, 0.5) is 5.69 Å². The molecule has 1 aliphatic heterocycles. The molecule has 1 fully saturated rings. The Hall–Kier alpha value is -1.14. The lowest BCUT2D eigenvalue weighted by Gasteiger charge is -2.36. The predicted molar refractivity (Wildman–Crippen MR) is 61.9 cm³/mol. The van der Waals surface area contributed by atoms with Crippen LogP contribution in [-0.2, 0) is 9.84 Å². The second-order valence-electron chi connectivity index (χ2n) is 3.82. The molecule has 6 heteroatoms. The Labute approximate surface area is 95.4 Å². The fourth-order valence-electron chi connectivity index (χ4n) is 1.82. The van der Waals surface area contributed by atoms with E-state index < -0.39 is 15.2 Å². The minimum Gasteiger partial charge on any atom is -0.351 e. The Morgan fingerprint density at radius 3 is 3.06 bits per heavy atom. The Kier molecular flexibility index (Phi) is 3.11. The SMILES string of the molecule is CS(=O)(=O)C1CNCCN1c1[c]nccc1. The summed E-state index contributed by atoms with van der Waals surface area (Å²) in [5, 5.41) is 2.56. The molecule has 1 N–H and O–H groups in total. The third-order valence-electron chi connectivity index (χ3n) is 2.59. The van der Waals surface area contributed by atoms with Crippen LogP contribution in [-0.4, -0.2) is 44.7 Å². The van der Waals surface area contributed by atoms with Crippen LogP contribution in [0.15, 0.2) is 18.3 Å². The topological polar surface area (TPSA) is 62.3 Å². The van der Waals surface area contributed by atoms with Gasteiger partial charge in [0.15, 0.2) is 9.84 Å². The number of aromatic nitrogens is 1. The summed E-state index contributed by atoms with van der Waals surface area (Å²) in [6, 6.07) is 3.61. The van der Waals surface area contributed by atoms with Crippen LogP contribution < -0.4 is 10.2 Å². The molecule has 5 nitrogen and oxygen atoms in total. The maximum atomic E-state index is 11.7. The quantitative estimate of drug-likeness (QED) is 0.766. The van der Waals surface area contributed by atoms with Crippen molar-refractivity contribution in [2.75, 3.05) is 30.8 Å². The molecule has 16 heavy (non-hydrogen) atoms. The van der Waals surface area contributed by atoms with Gasteiger partial charge in [0.1, 0.15) is 11.6 Å². The van der Waals surface area contributed by atoms with Gasteiger partial charge in [0, 0.05) is 32.1 Å². The summed E-state index contributed by atoms with van der Waals surface area (Å²) in [7, 11) is -3.11. The van der Waals surface area contributed by atoms with Gasteiger partial charge in [0.25, 0.3) is 0 Å². The monoisotopic (exact) mass is 240 g/mol. The fraction of sp³-hybridized carbons (Fsp3) is 0.500. The van der Waals surface area contributed by atoms with Gasteiger partial charge in [0.05, 0.1) is 5.69 Å². The van der Waals surface area contributed by atoms with Crippen molar-refractivity contribution in [1.82, 2.24) is 10.3 Å². The molecule has 0 spiro atoms. The van der Waals surface area contributed by atoms with Crippen molar-refractivity contribution in [1.29, 1.82) is 0 Å². The molecule has 2 rings (SSSR count). The number of nitrogens with zero attached hydrogens (tertiary/aromatic N) is 2. The number of sulfone groups is 1. The van der Waals surface area contributed by atoms with Gasteiger partial charge in [-0.2, -0.15) is 0 Å². The molecular weight excluding hydrogens is 226 g/mol. The fourth-order valence-corrected chi connectivity index (χ4v) is 2.92. The highest BCUT2D eigenvalue weighted by atomic mass is 32.2. The van der Waals surface area contributed by atoms with Gasteiger partial charge < -0.3 is 10.2 Å². The Morgan fingerprint density at radius 1 is 1.62 bits per heavy atom. The van der Waals surface area contributed by atoms with E-state index >= 15 is 0 Å². The van der Waals surface area contributed by atoms with Crippen LogP contribution in [0, 0.1) is 6.20 Å². The van der Waals surface area contributed by atoms with E-state index in [2.05, 4.69) is 16.5 Å². The Bertz CT molecular complexity index is 446. The second kappa shape index (κ2) is 4.39. The summed E-state index contributed by atoms with van der Waals surface area (Å²) >= 11 is 0. The van der Waals surface area contributed by atoms with Gasteiger partial charge in [-0.15, -0.1) is 0 Å². The zero-order chi connectivity index (χ0) is 11.6. The summed E-state index contributed by atoms with van der Waals surface area (Å²) < 4.78 is 23.3. The third kappa shape index (κ3) is 2.33. The molecule has 87 valence electrons. The van der Waals surface area contributed by atoms with Crippen molar-refractivity contribution < 1.29 is 8.42 Å². The van der Waals surface area contributed by atoms with Crippen LogP contribution >= 0.6 is 0 Å². The average Bonchev–Trinajstić information content (AvgIpc) is 2.29. The highest BCUT2D eigenvalue weighted by Crippen LogP contribution is 2.18. The lowest BCUT2D eigenvalue weighted by molar-refractivity contribution is 0.521. The molecule has 0 amide bonds.